The van der Waals surface area contributed by atoms with E-state index in [1.807, 2.05) is 0 Å². The van der Waals surface area contributed by atoms with Gasteiger partial charge >= 0.3 is 5.97 Å². The Hall–Kier alpha value is -2.04. The number of carboxylic acids is 1. The van der Waals surface area contributed by atoms with E-state index >= 15 is 0 Å². The predicted molar refractivity (Wildman–Crippen MR) is 66.6 cm³/mol. The summed E-state index contributed by atoms with van der Waals surface area (Å²) in [5, 5.41) is 8.46. The standard InChI is InChI=1S/C13H17NO4/c14-13(17)10-5-4-6-11(9-10)18-8-3-1-2-7-12(15)16/h4-6,9H,1-3,7-8H2,(H2,14,17)(H,15,16). The van der Waals surface area contributed by atoms with Gasteiger partial charge in [0.1, 0.15) is 5.75 Å². The van der Waals surface area contributed by atoms with Crippen LogP contribution in [0.1, 0.15) is 36.0 Å². The van der Waals surface area contributed by atoms with Crippen LogP contribution in [-0.4, -0.2) is 23.6 Å². The van der Waals surface area contributed by atoms with Crippen LogP contribution in [0.15, 0.2) is 24.3 Å². The zero-order valence-corrected chi connectivity index (χ0v) is 10.1. The van der Waals surface area contributed by atoms with Crippen LogP contribution in [0.25, 0.3) is 0 Å². The van der Waals surface area contributed by atoms with Crippen molar-refractivity contribution >= 4 is 11.9 Å². The Balaban J connectivity index is 2.25. The van der Waals surface area contributed by atoms with Crippen LogP contribution in [0.3, 0.4) is 0 Å². The van der Waals surface area contributed by atoms with Gasteiger partial charge in [0.05, 0.1) is 6.61 Å². The number of carbonyl (C=O) groups is 2. The number of nitrogens with two attached hydrogens (primary N) is 1. The molecule has 5 heteroatoms. The Morgan fingerprint density at radius 2 is 2.00 bits per heavy atom. The topological polar surface area (TPSA) is 89.6 Å². The fraction of sp³-hybridized carbons (Fsp3) is 0.385. The molecule has 0 saturated heterocycles. The van der Waals surface area contributed by atoms with Crippen LogP contribution in [-0.2, 0) is 4.79 Å². The van der Waals surface area contributed by atoms with Crippen LogP contribution in [0.2, 0.25) is 0 Å². The number of benzene rings is 1. The molecule has 0 saturated carbocycles. The number of carbonyl (C=O) groups excluding carboxylic acids is 1. The molecule has 0 atom stereocenters. The molecular weight excluding hydrogens is 234 g/mol. The minimum atomic E-state index is -0.773. The minimum absolute atomic E-state index is 0.192. The van der Waals surface area contributed by atoms with E-state index in [4.69, 9.17) is 15.6 Å². The third-order valence-corrected chi connectivity index (χ3v) is 2.42. The molecule has 0 radical (unpaired) electrons. The summed E-state index contributed by atoms with van der Waals surface area (Å²) in [6.45, 7) is 0.502. The minimum Gasteiger partial charge on any atom is -0.494 e. The molecule has 1 aromatic carbocycles. The summed E-state index contributed by atoms with van der Waals surface area (Å²) in [7, 11) is 0. The van der Waals surface area contributed by atoms with E-state index in [0.717, 1.165) is 12.8 Å². The predicted octanol–water partition coefficient (Wildman–Crippen LogP) is 1.81. The fourth-order valence-electron chi connectivity index (χ4n) is 1.48. The first kappa shape index (κ1) is 14.0. The van der Waals surface area contributed by atoms with Gasteiger partial charge in [0.2, 0.25) is 5.91 Å². The van der Waals surface area contributed by atoms with Gasteiger partial charge < -0.3 is 15.6 Å². The van der Waals surface area contributed by atoms with Gasteiger partial charge in [-0.1, -0.05) is 6.07 Å². The molecule has 1 rings (SSSR count). The quantitative estimate of drug-likeness (QED) is 0.689. The molecule has 0 aromatic heterocycles. The number of aliphatic carboxylic acids is 1. The number of primary amides is 1. The van der Waals surface area contributed by atoms with Crippen LogP contribution in [0.5, 0.6) is 5.75 Å². The van der Waals surface area contributed by atoms with Crippen molar-refractivity contribution < 1.29 is 19.4 Å². The van der Waals surface area contributed by atoms with E-state index < -0.39 is 11.9 Å². The molecule has 3 N–H and O–H groups in total. The number of hydrogen-bond donors (Lipinski definition) is 2. The lowest BCUT2D eigenvalue weighted by atomic mass is 10.2. The first-order chi connectivity index (χ1) is 8.59. The number of unbranched alkanes of at least 4 members (excludes halogenated alkanes) is 2. The van der Waals surface area contributed by atoms with Gasteiger partial charge in [-0.05, 0) is 37.5 Å². The van der Waals surface area contributed by atoms with Crippen molar-refractivity contribution in [1.82, 2.24) is 0 Å². The highest BCUT2D eigenvalue weighted by atomic mass is 16.5. The molecule has 0 aliphatic heterocycles. The summed E-state index contributed by atoms with van der Waals surface area (Å²) in [5.74, 6) is -0.656. The van der Waals surface area contributed by atoms with Gasteiger partial charge in [0.15, 0.2) is 0 Å². The van der Waals surface area contributed by atoms with Crippen LogP contribution < -0.4 is 10.5 Å². The van der Waals surface area contributed by atoms with E-state index in [1.165, 1.54) is 0 Å². The summed E-state index contributed by atoms with van der Waals surface area (Å²) in [4.78, 5) is 21.2. The summed E-state index contributed by atoms with van der Waals surface area (Å²) in [5.41, 5.74) is 5.57. The molecule has 1 aromatic rings. The van der Waals surface area contributed by atoms with Gasteiger partial charge in [-0.15, -0.1) is 0 Å². The van der Waals surface area contributed by atoms with Crippen molar-refractivity contribution in [1.29, 1.82) is 0 Å². The molecule has 0 heterocycles. The molecule has 0 spiro atoms. The maximum atomic E-state index is 10.9. The lowest BCUT2D eigenvalue weighted by Crippen LogP contribution is -2.10. The van der Waals surface area contributed by atoms with E-state index in [1.54, 1.807) is 24.3 Å². The third kappa shape index (κ3) is 5.34. The molecule has 98 valence electrons. The first-order valence-electron chi connectivity index (χ1n) is 5.84. The Bertz CT molecular complexity index is 417. The number of amides is 1. The number of hydrogen-bond acceptors (Lipinski definition) is 3. The highest BCUT2D eigenvalue weighted by Crippen LogP contribution is 2.13. The zero-order valence-electron chi connectivity index (χ0n) is 10.1. The second-order valence-electron chi connectivity index (χ2n) is 3.94. The lowest BCUT2D eigenvalue weighted by Gasteiger charge is -2.06. The SMILES string of the molecule is NC(=O)c1cccc(OCCCCCC(=O)O)c1. The molecule has 0 unspecified atom stereocenters. The largest absolute Gasteiger partial charge is 0.494 e. The maximum absolute atomic E-state index is 10.9. The number of rotatable bonds is 8. The van der Waals surface area contributed by atoms with Crippen molar-refractivity contribution in [2.24, 2.45) is 5.73 Å². The average molecular weight is 251 g/mol. The Morgan fingerprint density at radius 1 is 1.22 bits per heavy atom. The fourth-order valence-corrected chi connectivity index (χ4v) is 1.48. The highest BCUT2D eigenvalue weighted by Gasteiger charge is 2.02. The van der Waals surface area contributed by atoms with Crippen LogP contribution in [0, 0.1) is 0 Å². The molecule has 0 fully saturated rings. The molecule has 0 aliphatic rings. The zero-order chi connectivity index (χ0) is 13.4. The monoisotopic (exact) mass is 251 g/mol. The second kappa shape index (κ2) is 7.32. The Labute approximate surface area is 106 Å². The van der Waals surface area contributed by atoms with Crippen molar-refractivity contribution in [3.05, 3.63) is 29.8 Å². The van der Waals surface area contributed by atoms with E-state index in [-0.39, 0.29) is 6.42 Å². The van der Waals surface area contributed by atoms with Crippen molar-refractivity contribution in [3.63, 3.8) is 0 Å². The number of carboxylic acid groups (broad SMARTS) is 1. The second-order valence-corrected chi connectivity index (χ2v) is 3.94. The first-order valence-corrected chi connectivity index (χ1v) is 5.84. The van der Waals surface area contributed by atoms with E-state index in [2.05, 4.69) is 0 Å². The molecular formula is C13H17NO4. The summed E-state index contributed by atoms with van der Waals surface area (Å²) < 4.78 is 5.45. The van der Waals surface area contributed by atoms with Gasteiger partial charge in [-0.3, -0.25) is 9.59 Å². The van der Waals surface area contributed by atoms with Gasteiger partial charge in [-0.2, -0.15) is 0 Å². The summed E-state index contributed by atoms with van der Waals surface area (Å²) in [6, 6.07) is 6.69. The molecule has 0 bridgehead atoms. The van der Waals surface area contributed by atoms with Crippen molar-refractivity contribution in [2.75, 3.05) is 6.61 Å². The average Bonchev–Trinajstić information content (AvgIpc) is 2.33. The molecule has 1 amide bonds. The van der Waals surface area contributed by atoms with Gasteiger partial charge in [0, 0.05) is 12.0 Å². The van der Waals surface area contributed by atoms with E-state index in [9.17, 15) is 9.59 Å². The molecule has 5 nitrogen and oxygen atoms in total. The third-order valence-electron chi connectivity index (χ3n) is 2.42. The lowest BCUT2D eigenvalue weighted by molar-refractivity contribution is -0.137. The van der Waals surface area contributed by atoms with Crippen molar-refractivity contribution in [2.45, 2.75) is 25.7 Å². The van der Waals surface area contributed by atoms with Crippen LogP contribution in [0.4, 0.5) is 0 Å². The Morgan fingerprint density at radius 3 is 2.67 bits per heavy atom. The van der Waals surface area contributed by atoms with Crippen LogP contribution >= 0.6 is 0 Å². The summed E-state index contributed by atoms with van der Waals surface area (Å²) in [6.07, 6.45) is 2.44. The summed E-state index contributed by atoms with van der Waals surface area (Å²) >= 11 is 0. The normalized spacial score (nSPS) is 10.0. The number of ether oxygens (including phenoxy) is 1. The van der Waals surface area contributed by atoms with Crippen molar-refractivity contribution in [3.8, 4) is 5.75 Å². The molecule has 18 heavy (non-hydrogen) atoms. The van der Waals surface area contributed by atoms with Gasteiger partial charge in [-0.25, -0.2) is 0 Å². The molecule has 0 aliphatic carbocycles. The van der Waals surface area contributed by atoms with E-state index in [0.29, 0.717) is 24.3 Å². The van der Waals surface area contributed by atoms with Gasteiger partial charge in [0.25, 0.3) is 0 Å². The highest BCUT2D eigenvalue weighted by molar-refractivity contribution is 5.93. The Kier molecular flexibility index (Phi) is 5.70. The maximum Gasteiger partial charge on any atom is 0.303 e. The smallest absolute Gasteiger partial charge is 0.303 e.